The molecule has 1 N–H and O–H groups in total. The summed E-state index contributed by atoms with van der Waals surface area (Å²) in [6, 6.07) is 4.89. The fraction of sp³-hybridized carbons (Fsp3) is 0.533. The van der Waals surface area contributed by atoms with Gasteiger partial charge in [0.25, 0.3) is 0 Å². The second-order valence-electron chi connectivity index (χ2n) is 5.80. The molecule has 0 saturated heterocycles. The van der Waals surface area contributed by atoms with Crippen LogP contribution in [-0.2, 0) is 14.8 Å². The van der Waals surface area contributed by atoms with E-state index in [1.165, 1.54) is 0 Å². The first-order chi connectivity index (χ1) is 10.0. The maximum Gasteiger partial charge on any atom is 0.240 e. The van der Waals surface area contributed by atoms with Gasteiger partial charge in [-0.15, -0.1) is 0 Å². The smallest absolute Gasteiger partial charge is 0.240 e. The van der Waals surface area contributed by atoms with E-state index in [0.717, 1.165) is 16.1 Å². The number of hydrogen-bond acceptors (Lipinski definition) is 3. The normalized spacial score (nSPS) is 13.0. The van der Waals surface area contributed by atoms with Crippen molar-refractivity contribution in [3.05, 3.63) is 28.8 Å². The summed E-state index contributed by atoms with van der Waals surface area (Å²) in [5.41, 5.74) is 1.22. The van der Waals surface area contributed by atoms with Crippen molar-refractivity contribution in [2.75, 3.05) is 17.1 Å². The van der Waals surface area contributed by atoms with Crippen LogP contribution in [0.5, 0.6) is 0 Å². The second-order valence-corrected chi connectivity index (χ2v) is 8.12. The van der Waals surface area contributed by atoms with Gasteiger partial charge in [0.15, 0.2) is 0 Å². The zero-order chi connectivity index (χ0) is 17.1. The highest BCUT2D eigenvalue weighted by molar-refractivity contribution is 7.92. The zero-order valence-electron chi connectivity index (χ0n) is 13.6. The summed E-state index contributed by atoms with van der Waals surface area (Å²) in [5.74, 6) is -0.0761. The van der Waals surface area contributed by atoms with Crippen molar-refractivity contribution in [3.8, 4) is 0 Å². The third-order valence-electron chi connectivity index (χ3n) is 3.52. The first-order valence-electron chi connectivity index (χ1n) is 7.05. The Kier molecular flexibility index (Phi) is 6.26. The predicted octanol–water partition coefficient (Wildman–Crippen LogP) is 2.58. The van der Waals surface area contributed by atoms with Gasteiger partial charge in [-0.3, -0.25) is 9.10 Å². The lowest BCUT2D eigenvalue weighted by atomic mass is 10.1. The first kappa shape index (κ1) is 18.8. The van der Waals surface area contributed by atoms with E-state index in [1.54, 1.807) is 18.2 Å². The number of anilines is 1. The number of carbonyl (C=O) groups excluding carboxylic acids is 1. The van der Waals surface area contributed by atoms with Crippen molar-refractivity contribution in [1.82, 2.24) is 5.32 Å². The maximum absolute atomic E-state index is 12.1. The molecule has 0 aliphatic rings. The number of amides is 1. The third-order valence-corrected chi connectivity index (χ3v) is 5.07. The van der Waals surface area contributed by atoms with Crippen molar-refractivity contribution < 1.29 is 13.2 Å². The molecule has 1 aromatic rings. The van der Waals surface area contributed by atoms with Crippen LogP contribution in [0.3, 0.4) is 0 Å². The Hall–Kier alpha value is -1.27. The molecule has 5 nitrogen and oxygen atoms in total. The highest BCUT2D eigenvalue weighted by Gasteiger charge is 2.22. The third kappa shape index (κ3) is 5.18. The Balaban J connectivity index is 3.00. The van der Waals surface area contributed by atoms with Crippen LogP contribution in [0.15, 0.2) is 18.2 Å². The van der Waals surface area contributed by atoms with Crippen LogP contribution in [0.1, 0.15) is 26.3 Å². The SMILES string of the molecule is Cc1ccc(N(CC(=O)NC(C)C(C)C)S(C)(=O)=O)cc1Cl. The average Bonchev–Trinajstić information content (AvgIpc) is 2.38. The molecule has 22 heavy (non-hydrogen) atoms. The van der Waals surface area contributed by atoms with Crippen LogP contribution in [0.2, 0.25) is 5.02 Å². The number of aryl methyl sites for hydroxylation is 1. The number of rotatable bonds is 6. The van der Waals surface area contributed by atoms with Crippen molar-refractivity contribution in [1.29, 1.82) is 0 Å². The standard InChI is InChI=1S/C15H23ClN2O3S/c1-10(2)12(4)17-15(19)9-18(22(5,20)21)13-7-6-11(3)14(16)8-13/h6-8,10,12H,9H2,1-5H3,(H,17,19). The van der Waals surface area contributed by atoms with Crippen molar-refractivity contribution >= 4 is 33.2 Å². The molecule has 1 amide bonds. The maximum atomic E-state index is 12.1. The first-order valence-corrected chi connectivity index (χ1v) is 9.28. The molecule has 0 aliphatic carbocycles. The van der Waals surface area contributed by atoms with Crippen LogP contribution in [-0.4, -0.2) is 33.2 Å². The van der Waals surface area contributed by atoms with E-state index in [2.05, 4.69) is 5.32 Å². The highest BCUT2D eigenvalue weighted by Crippen LogP contribution is 2.24. The van der Waals surface area contributed by atoms with Crippen LogP contribution in [0.25, 0.3) is 0 Å². The highest BCUT2D eigenvalue weighted by atomic mass is 35.5. The van der Waals surface area contributed by atoms with Gasteiger partial charge in [0.2, 0.25) is 15.9 Å². The fourth-order valence-corrected chi connectivity index (χ4v) is 2.76. The molecule has 7 heteroatoms. The van der Waals surface area contributed by atoms with Crippen molar-refractivity contribution in [2.24, 2.45) is 5.92 Å². The van der Waals surface area contributed by atoms with E-state index < -0.39 is 10.0 Å². The monoisotopic (exact) mass is 346 g/mol. The van der Waals surface area contributed by atoms with Gasteiger partial charge in [-0.25, -0.2) is 8.42 Å². The molecule has 0 aliphatic heterocycles. The summed E-state index contributed by atoms with van der Waals surface area (Å²) in [4.78, 5) is 12.1. The van der Waals surface area contributed by atoms with Crippen LogP contribution < -0.4 is 9.62 Å². The van der Waals surface area contributed by atoms with E-state index in [4.69, 9.17) is 11.6 Å². The van der Waals surface area contributed by atoms with Gasteiger partial charge < -0.3 is 5.32 Å². The molecule has 0 radical (unpaired) electrons. The van der Waals surface area contributed by atoms with E-state index >= 15 is 0 Å². The average molecular weight is 347 g/mol. The molecule has 0 saturated carbocycles. The number of sulfonamides is 1. The number of benzene rings is 1. The zero-order valence-corrected chi connectivity index (χ0v) is 15.1. The molecule has 0 spiro atoms. The lowest BCUT2D eigenvalue weighted by molar-refractivity contribution is -0.120. The Bertz CT molecular complexity index is 644. The van der Waals surface area contributed by atoms with E-state index in [-0.39, 0.29) is 24.4 Å². The molecule has 1 unspecified atom stereocenters. The molecule has 0 aromatic heterocycles. The summed E-state index contributed by atoms with van der Waals surface area (Å²) >= 11 is 6.05. The fourth-order valence-electron chi connectivity index (χ4n) is 1.73. The van der Waals surface area contributed by atoms with E-state index in [1.807, 2.05) is 27.7 Å². The summed E-state index contributed by atoms with van der Waals surface area (Å²) < 4.78 is 25.0. The second kappa shape index (κ2) is 7.33. The molecule has 0 heterocycles. The molecule has 0 fully saturated rings. The Morgan fingerprint density at radius 3 is 2.36 bits per heavy atom. The molecule has 1 atom stereocenters. The van der Waals surface area contributed by atoms with Crippen molar-refractivity contribution in [3.63, 3.8) is 0 Å². The lowest BCUT2D eigenvalue weighted by Crippen LogP contribution is -2.44. The number of hydrogen-bond donors (Lipinski definition) is 1. The number of carbonyl (C=O) groups is 1. The van der Waals surface area contributed by atoms with Gasteiger partial charge in [-0.05, 0) is 37.5 Å². The quantitative estimate of drug-likeness (QED) is 0.860. The molecule has 124 valence electrons. The Morgan fingerprint density at radius 1 is 1.32 bits per heavy atom. The van der Waals surface area contributed by atoms with Gasteiger partial charge in [0.1, 0.15) is 6.54 Å². The molecular formula is C15H23ClN2O3S. The van der Waals surface area contributed by atoms with Crippen LogP contribution in [0.4, 0.5) is 5.69 Å². The topological polar surface area (TPSA) is 66.5 Å². The summed E-state index contributed by atoms with van der Waals surface area (Å²) in [6.45, 7) is 7.41. The van der Waals surface area contributed by atoms with Gasteiger partial charge in [0.05, 0.1) is 11.9 Å². The van der Waals surface area contributed by atoms with E-state index in [9.17, 15) is 13.2 Å². The van der Waals surface area contributed by atoms with E-state index in [0.29, 0.717) is 10.7 Å². The van der Waals surface area contributed by atoms with Crippen LogP contribution in [0, 0.1) is 12.8 Å². The lowest BCUT2D eigenvalue weighted by Gasteiger charge is -2.24. The van der Waals surface area contributed by atoms with Gasteiger partial charge in [0, 0.05) is 11.1 Å². The minimum absolute atomic E-state index is 0.0319. The Morgan fingerprint density at radius 2 is 1.91 bits per heavy atom. The molecular weight excluding hydrogens is 324 g/mol. The summed E-state index contributed by atoms with van der Waals surface area (Å²) in [6.07, 6.45) is 1.07. The molecule has 1 aromatic carbocycles. The van der Waals surface area contributed by atoms with Crippen molar-refractivity contribution in [2.45, 2.75) is 33.7 Å². The predicted molar refractivity (Wildman–Crippen MR) is 90.8 cm³/mol. The minimum atomic E-state index is -3.58. The largest absolute Gasteiger partial charge is 0.352 e. The summed E-state index contributed by atoms with van der Waals surface area (Å²) in [7, 11) is -3.58. The van der Waals surface area contributed by atoms with Gasteiger partial charge in [-0.1, -0.05) is 31.5 Å². The number of nitrogens with zero attached hydrogens (tertiary/aromatic N) is 1. The van der Waals surface area contributed by atoms with Crippen LogP contribution >= 0.6 is 11.6 Å². The minimum Gasteiger partial charge on any atom is -0.352 e. The summed E-state index contributed by atoms with van der Waals surface area (Å²) in [5, 5.41) is 3.26. The van der Waals surface area contributed by atoms with Gasteiger partial charge in [-0.2, -0.15) is 0 Å². The van der Waals surface area contributed by atoms with Gasteiger partial charge >= 0.3 is 0 Å². The molecule has 0 bridgehead atoms. The Labute approximate surface area is 137 Å². The number of nitrogens with one attached hydrogen (secondary N) is 1. The number of halogens is 1. The molecule has 1 rings (SSSR count).